The van der Waals surface area contributed by atoms with E-state index >= 15 is 0 Å². The number of amides is 1. The molecular formula is C17H22N2O3. The summed E-state index contributed by atoms with van der Waals surface area (Å²) in [6, 6.07) is 5.70. The van der Waals surface area contributed by atoms with Crippen LogP contribution in [-0.2, 0) is 4.79 Å². The van der Waals surface area contributed by atoms with Crippen LogP contribution in [0.2, 0.25) is 0 Å². The van der Waals surface area contributed by atoms with Crippen LogP contribution in [-0.4, -0.2) is 31.4 Å². The second-order valence-corrected chi connectivity index (χ2v) is 5.81. The minimum Gasteiger partial charge on any atom is -0.493 e. The number of carbonyl (C=O) groups is 1. The summed E-state index contributed by atoms with van der Waals surface area (Å²) in [5.41, 5.74) is 1.74. The third-order valence-corrected chi connectivity index (χ3v) is 4.13. The number of benzene rings is 1. The van der Waals surface area contributed by atoms with E-state index in [2.05, 4.69) is 10.3 Å². The molecule has 2 aliphatic rings. The molecule has 1 aromatic rings. The SMILES string of the molecule is COc1ccc(N=C2CCNC(=O)C2)cc1OC1CCCC1. The molecule has 1 aliphatic heterocycles. The molecule has 0 radical (unpaired) electrons. The first-order valence-electron chi connectivity index (χ1n) is 7.92. The maximum atomic E-state index is 11.4. The van der Waals surface area contributed by atoms with Crippen molar-refractivity contribution in [2.75, 3.05) is 13.7 Å². The molecule has 1 amide bonds. The lowest BCUT2D eigenvalue weighted by atomic mass is 10.1. The Balaban J connectivity index is 1.79. The summed E-state index contributed by atoms with van der Waals surface area (Å²) in [6.45, 7) is 0.666. The molecule has 5 nitrogen and oxygen atoms in total. The smallest absolute Gasteiger partial charge is 0.225 e. The minimum absolute atomic E-state index is 0.0425. The number of carbonyl (C=O) groups excluding carboxylic acids is 1. The molecule has 1 saturated carbocycles. The van der Waals surface area contributed by atoms with E-state index in [0.717, 1.165) is 42.2 Å². The zero-order valence-electron chi connectivity index (χ0n) is 12.9. The number of hydrogen-bond donors (Lipinski definition) is 1. The molecule has 2 fully saturated rings. The van der Waals surface area contributed by atoms with Crippen LogP contribution in [0.25, 0.3) is 0 Å². The maximum absolute atomic E-state index is 11.4. The quantitative estimate of drug-likeness (QED) is 0.930. The van der Waals surface area contributed by atoms with Crippen molar-refractivity contribution in [2.45, 2.75) is 44.6 Å². The Bertz CT molecular complexity index is 577. The van der Waals surface area contributed by atoms with E-state index in [0.29, 0.717) is 13.0 Å². The summed E-state index contributed by atoms with van der Waals surface area (Å²) < 4.78 is 11.5. The molecule has 5 heteroatoms. The zero-order chi connectivity index (χ0) is 15.4. The van der Waals surface area contributed by atoms with Crippen molar-refractivity contribution in [1.82, 2.24) is 5.32 Å². The van der Waals surface area contributed by atoms with Gasteiger partial charge in [0.2, 0.25) is 5.91 Å². The monoisotopic (exact) mass is 302 g/mol. The van der Waals surface area contributed by atoms with Crippen LogP contribution >= 0.6 is 0 Å². The largest absolute Gasteiger partial charge is 0.493 e. The predicted octanol–water partition coefficient (Wildman–Crippen LogP) is 3.00. The van der Waals surface area contributed by atoms with E-state index in [4.69, 9.17) is 9.47 Å². The lowest BCUT2D eigenvalue weighted by Gasteiger charge is -2.17. The number of rotatable bonds is 4. The van der Waals surface area contributed by atoms with Crippen LogP contribution in [0.15, 0.2) is 23.2 Å². The van der Waals surface area contributed by atoms with Gasteiger partial charge in [0.05, 0.1) is 25.3 Å². The molecule has 22 heavy (non-hydrogen) atoms. The zero-order valence-corrected chi connectivity index (χ0v) is 12.9. The minimum atomic E-state index is 0.0425. The van der Waals surface area contributed by atoms with Crippen molar-refractivity contribution in [3.8, 4) is 11.5 Å². The first kappa shape index (κ1) is 14.9. The van der Waals surface area contributed by atoms with E-state index in [1.54, 1.807) is 7.11 Å². The Labute approximate surface area is 130 Å². The predicted molar refractivity (Wildman–Crippen MR) is 85.2 cm³/mol. The van der Waals surface area contributed by atoms with Gasteiger partial charge in [0.15, 0.2) is 11.5 Å². The number of aliphatic imine (C=N–C) groups is 1. The van der Waals surface area contributed by atoms with Crippen LogP contribution < -0.4 is 14.8 Å². The van der Waals surface area contributed by atoms with Crippen molar-refractivity contribution < 1.29 is 14.3 Å². The summed E-state index contributed by atoms with van der Waals surface area (Å²) in [7, 11) is 1.65. The fourth-order valence-electron chi connectivity index (χ4n) is 2.97. The third kappa shape index (κ3) is 3.59. The summed E-state index contributed by atoms with van der Waals surface area (Å²) in [6.07, 6.45) is 6.11. The van der Waals surface area contributed by atoms with Crippen LogP contribution in [0.4, 0.5) is 5.69 Å². The molecule has 0 spiro atoms. The number of hydrogen-bond acceptors (Lipinski definition) is 4. The van der Waals surface area contributed by atoms with Crippen molar-refractivity contribution in [2.24, 2.45) is 4.99 Å². The number of methoxy groups -OCH3 is 1. The number of nitrogens with one attached hydrogen (secondary N) is 1. The summed E-state index contributed by atoms with van der Waals surface area (Å²) in [5.74, 6) is 1.52. The summed E-state index contributed by atoms with van der Waals surface area (Å²) in [5, 5.41) is 2.81. The van der Waals surface area contributed by atoms with E-state index in [-0.39, 0.29) is 12.0 Å². The highest BCUT2D eigenvalue weighted by molar-refractivity contribution is 6.04. The van der Waals surface area contributed by atoms with Crippen molar-refractivity contribution >= 4 is 17.3 Å². The fraction of sp³-hybridized carbons (Fsp3) is 0.529. The van der Waals surface area contributed by atoms with Gasteiger partial charge in [0.1, 0.15) is 0 Å². The summed E-state index contributed by atoms with van der Waals surface area (Å²) >= 11 is 0. The molecule has 1 aliphatic carbocycles. The highest BCUT2D eigenvalue weighted by Crippen LogP contribution is 2.35. The Morgan fingerprint density at radius 1 is 1.23 bits per heavy atom. The fourth-order valence-corrected chi connectivity index (χ4v) is 2.97. The second kappa shape index (κ2) is 6.81. The lowest BCUT2D eigenvalue weighted by Crippen LogP contribution is -2.33. The van der Waals surface area contributed by atoms with Gasteiger partial charge in [-0.3, -0.25) is 9.79 Å². The van der Waals surface area contributed by atoms with Gasteiger partial charge in [0, 0.05) is 24.7 Å². The number of piperidine rings is 1. The summed E-state index contributed by atoms with van der Waals surface area (Å²) in [4.78, 5) is 16.0. The lowest BCUT2D eigenvalue weighted by molar-refractivity contribution is -0.120. The normalized spacial score (nSPS) is 21.0. The van der Waals surface area contributed by atoms with Gasteiger partial charge >= 0.3 is 0 Å². The Hall–Kier alpha value is -2.04. The van der Waals surface area contributed by atoms with Crippen LogP contribution in [0.5, 0.6) is 11.5 Å². The van der Waals surface area contributed by atoms with E-state index in [1.807, 2.05) is 18.2 Å². The Kier molecular flexibility index (Phi) is 4.61. The van der Waals surface area contributed by atoms with E-state index in [9.17, 15) is 4.79 Å². The van der Waals surface area contributed by atoms with Crippen molar-refractivity contribution in [3.63, 3.8) is 0 Å². The van der Waals surface area contributed by atoms with Gasteiger partial charge in [-0.1, -0.05) is 0 Å². The molecule has 118 valence electrons. The van der Waals surface area contributed by atoms with E-state index in [1.165, 1.54) is 12.8 Å². The molecular weight excluding hydrogens is 280 g/mol. The molecule has 0 unspecified atom stereocenters. The highest BCUT2D eigenvalue weighted by Gasteiger charge is 2.19. The first-order valence-corrected chi connectivity index (χ1v) is 7.92. The maximum Gasteiger partial charge on any atom is 0.225 e. The molecule has 0 atom stereocenters. The molecule has 1 saturated heterocycles. The highest BCUT2D eigenvalue weighted by atomic mass is 16.5. The van der Waals surface area contributed by atoms with Crippen LogP contribution in [0.3, 0.4) is 0 Å². The Morgan fingerprint density at radius 2 is 2.05 bits per heavy atom. The standard InChI is InChI=1S/C17H22N2O3/c1-21-15-7-6-12(19-13-8-9-18-17(20)11-13)10-16(15)22-14-4-2-3-5-14/h6-7,10,14H,2-5,8-9,11H2,1H3,(H,18,20). The van der Waals surface area contributed by atoms with Crippen LogP contribution in [0.1, 0.15) is 38.5 Å². The van der Waals surface area contributed by atoms with Crippen molar-refractivity contribution in [3.05, 3.63) is 18.2 Å². The van der Waals surface area contributed by atoms with Gasteiger partial charge in [0.25, 0.3) is 0 Å². The van der Waals surface area contributed by atoms with Gasteiger partial charge in [-0.15, -0.1) is 0 Å². The van der Waals surface area contributed by atoms with Gasteiger partial charge in [-0.2, -0.15) is 0 Å². The van der Waals surface area contributed by atoms with Gasteiger partial charge in [-0.25, -0.2) is 0 Å². The van der Waals surface area contributed by atoms with E-state index < -0.39 is 0 Å². The average Bonchev–Trinajstić information content (AvgIpc) is 3.01. The molecule has 1 aromatic carbocycles. The first-order chi connectivity index (χ1) is 10.7. The second-order valence-electron chi connectivity index (χ2n) is 5.81. The molecule has 1 heterocycles. The Morgan fingerprint density at radius 3 is 2.77 bits per heavy atom. The molecule has 0 bridgehead atoms. The molecule has 1 N–H and O–H groups in total. The third-order valence-electron chi connectivity index (χ3n) is 4.13. The molecule has 0 aromatic heterocycles. The topological polar surface area (TPSA) is 59.9 Å². The van der Waals surface area contributed by atoms with Gasteiger partial charge in [-0.05, 0) is 37.8 Å². The van der Waals surface area contributed by atoms with Gasteiger partial charge < -0.3 is 14.8 Å². The van der Waals surface area contributed by atoms with Crippen LogP contribution in [0, 0.1) is 0 Å². The molecule has 3 rings (SSSR count). The number of nitrogens with zero attached hydrogens (tertiary/aromatic N) is 1. The number of ether oxygens (including phenoxy) is 2. The average molecular weight is 302 g/mol. The van der Waals surface area contributed by atoms with Crippen molar-refractivity contribution in [1.29, 1.82) is 0 Å².